The molecule has 0 radical (unpaired) electrons. The molecule has 2 amide bonds. The molecule has 0 bridgehead atoms. The smallest absolute Gasteiger partial charge is 0.278 e. The number of benzene rings is 2. The van der Waals surface area contributed by atoms with Gasteiger partial charge in [0.15, 0.2) is 0 Å². The Balaban J connectivity index is 1.87. The van der Waals surface area contributed by atoms with Crippen LogP contribution >= 0.6 is 0 Å². The van der Waals surface area contributed by atoms with Crippen LogP contribution in [0.1, 0.15) is 38.7 Å². The minimum Gasteiger partial charge on any atom is -0.494 e. The summed E-state index contributed by atoms with van der Waals surface area (Å²) in [6, 6.07) is 12.7. The number of non-ortho nitro benzene ring substituents is 1. The standard InChI is InChI=1S/C25H29N3O6/c1-3-5-15-33-16-7-14-27-24(29)22(18-10-12-20(13-11-18)28(31)32)23(25(27)30)26-19-8-6-9-21(17-19)34-4-2/h6,8-13,17,26H,3-5,7,14-16H2,1-2H3. The molecule has 9 nitrogen and oxygen atoms in total. The molecule has 3 rings (SSSR count). The first kappa shape index (κ1) is 24.9. The summed E-state index contributed by atoms with van der Waals surface area (Å²) in [5.41, 5.74) is 1.22. The van der Waals surface area contributed by atoms with Gasteiger partial charge in [-0.15, -0.1) is 0 Å². The van der Waals surface area contributed by atoms with E-state index < -0.39 is 16.7 Å². The number of imide groups is 1. The Morgan fingerprint density at radius 3 is 2.41 bits per heavy atom. The van der Waals surface area contributed by atoms with Crippen molar-refractivity contribution in [2.45, 2.75) is 33.1 Å². The van der Waals surface area contributed by atoms with Gasteiger partial charge < -0.3 is 14.8 Å². The first-order chi connectivity index (χ1) is 16.5. The van der Waals surface area contributed by atoms with E-state index in [1.54, 1.807) is 24.3 Å². The molecular weight excluding hydrogens is 438 g/mol. The number of carbonyl (C=O) groups is 2. The SMILES string of the molecule is CCCCOCCCN1C(=O)C(Nc2cccc(OCC)c2)=C(c2ccc([N+](=O)[O-])cc2)C1=O. The molecule has 0 aromatic heterocycles. The molecule has 2 aromatic carbocycles. The highest BCUT2D eigenvalue weighted by Gasteiger charge is 2.39. The second-order valence-electron chi connectivity index (χ2n) is 7.72. The largest absolute Gasteiger partial charge is 0.494 e. The zero-order valence-corrected chi connectivity index (χ0v) is 19.4. The molecule has 1 aliphatic heterocycles. The molecule has 1 heterocycles. The number of carbonyl (C=O) groups excluding carboxylic acids is 2. The number of rotatable bonds is 13. The van der Waals surface area contributed by atoms with Crippen molar-refractivity contribution in [3.63, 3.8) is 0 Å². The van der Waals surface area contributed by atoms with Crippen molar-refractivity contribution in [3.8, 4) is 5.75 Å². The van der Waals surface area contributed by atoms with Crippen molar-refractivity contribution in [1.82, 2.24) is 4.90 Å². The van der Waals surface area contributed by atoms with Crippen LogP contribution in [-0.2, 0) is 14.3 Å². The lowest BCUT2D eigenvalue weighted by Gasteiger charge is -2.15. The number of nitrogens with zero attached hydrogens (tertiary/aromatic N) is 2. The molecule has 0 aliphatic carbocycles. The molecule has 34 heavy (non-hydrogen) atoms. The highest BCUT2D eigenvalue weighted by atomic mass is 16.6. The van der Waals surface area contributed by atoms with Crippen molar-refractivity contribution in [2.75, 3.05) is 31.7 Å². The molecule has 1 aliphatic rings. The molecule has 180 valence electrons. The highest BCUT2D eigenvalue weighted by Crippen LogP contribution is 2.32. The number of unbranched alkanes of at least 4 members (excludes halogenated alkanes) is 1. The Kier molecular flexibility index (Phi) is 8.75. The first-order valence-electron chi connectivity index (χ1n) is 11.4. The number of nitrogens with one attached hydrogen (secondary N) is 1. The summed E-state index contributed by atoms with van der Waals surface area (Å²) >= 11 is 0. The first-order valence-corrected chi connectivity index (χ1v) is 11.4. The van der Waals surface area contributed by atoms with Gasteiger partial charge >= 0.3 is 0 Å². The van der Waals surface area contributed by atoms with Gasteiger partial charge in [0.05, 0.1) is 17.1 Å². The quantitative estimate of drug-likeness (QED) is 0.201. The summed E-state index contributed by atoms with van der Waals surface area (Å²) in [5, 5.41) is 14.1. The third-order valence-corrected chi connectivity index (χ3v) is 5.26. The third-order valence-electron chi connectivity index (χ3n) is 5.26. The Bertz CT molecular complexity index is 1060. The normalized spacial score (nSPS) is 13.5. The average molecular weight is 468 g/mol. The highest BCUT2D eigenvalue weighted by molar-refractivity contribution is 6.36. The molecule has 0 spiro atoms. The van der Waals surface area contributed by atoms with Crippen LogP contribution in [0.3, 0.4) is 0 Å². The predicted octanol–water partition coefficient (Wildman–Crippen LogP) is 4.39. The summed E-state index contributed by atoms with van der Waals surface area (Å²) < 4.78 is 11.1. The van der Waals surface area contributed by atoms with E-state index in [1.165, 1.54) is 29.2 Å². The molecule has 2 aromatic rings. The second kappa shape index (κ2) is 11.9. The van der Waals surface area contributed by atoms with Gasteiger partial charge in [0.1, 0.15) is 11.4 Å². The number of hydrogen-bond acceptors (Lipinski definition) is 7. The van der Waals surface area contributed by atoms with Gasteiger partial charge in [0.2, 0.25) is 0 Å². The van der Waals surface area contributed by atoms with Crippen molar-refractivity contribution < 1.29 is 24.0 Å². The number of nitro benzene ring substituents is 1. The summed E-state index contributed by atoms with van der Waals surface area (Å²) in [5.74, 6) is -0.271. The minimum absolute atomic E-state index is 0.0962. The summed E-state index contributed by atoms with van der Waals surface area (Å²) in [7, 11) is 0. The Labute approximate surface area is 198 Å². The van der Waals surface area contributed by atoms with Gasteiger partial charge in [0, 0.05) is 43.6 Å². The van der Waals surface area contributed by atoms with Gasteiger partial charge in [-0.2, -0.15) is 0 Å². The fraction of sp³-hybridized carbons (Fsp3) is 0.360. The fourth-order valence-electron chi connectivity index (χ4n) is 3.56. The number of hydrogen-bond donors (Lipinski definition) is 1. The van der Waals surface area contributed by atoms with Crippen LogP contribution in [0.5, 0.6) is 5.75 Å². The predicted molar refractivity (Wildman–Crippen MR) is 128 cm³/mol. The monoisotopic (exact) mass is 467 g/mol. The Hall–Kier alpha value is -3.72. The van der Waals surface area contributed by atoms with Gasteiger partial charge in [-0.25, -0.2) is 0 Å². The van der Waals surface area contributed by atoms with E-state index in [9.17, 15) is 19.7 Å². The summed E-state index contributed by atoms with van der Waals surface area (Å²) in [6.07, 6.45) is 2.51. The van der Waals surface area contributed by atoms with Gasteiger partial charge in [-0.1, -0.05) is 19.4 Å². The maximum atomic E-state index is 13.3. The van der Waals surface area contributed by atoms with Gasteiger partial charge in [0.25, 0.3) is 17.5 Å². The summed E-state index contributed by atoms with van der Waals surface area (Å²) in [6.45, 7) is 5.75. The van der Waals surface area contributed by atoms with Crippen LogP contribution in [0.25, 0.3) is 5.57 Å². The van der Waals surface area contributed by atoms with E-state index in [0.29, 0.717) is 43.2 Å². The van der Waals surface area contributed by atoms with E-state index in [4.69, 9.17) is 9.47 Å². The maximum absolute atomic E-state index is 13.3. The number of amides is 2. The van der Waals surface area contributed by atoms with E-state index in [2.05, 4.69) is 12.2 Å². The molecule has 0 fully saturated rings. The van der Waals surface area contributed by atoms with Crippen molar-refractivity contribution in [2.24, 2.45) is 0 Å². The number of anilines is 1. The molecule has 1 N–H and O–H groups in total. The molecule has 0 unspecified atom stereocenters. The zero-order valence-electron chi connectivity index (χ0n) is 19.4. The van der Waals surface area contributed by atoms with Crippen LogP contribution in [0, 0.1) is 10.1 Å². The molecule has 0 saturated carbocycles. The van der Waals surface area contributed by atoms with E-state index >= 15 is 0 Å². The second-order valence-corrected chi connectivity index (χ2v) is 7.72. The van der Waals surface area contributed by atoms with Crippen molar-refractivity contribution in [3.05, 3.63) is 69.9 Å². The van der Waals surface area contributed by atoms with Gasteiger partial charge in [-0.3, -0.25) is 24.6 Å². The van der Waals surface area contributed by atoms with E-state index in [0.717, 1.165) is 12.8 Å². The van der Waals surface area contributed by atoms with E-state index in [-0.39, 0.29) is 23.5 Å². The van der Waals surface area contributed by atoms with Gasteiger partial charge in [-0.05, 0) is 49.6 Å². The lowest BCUT2D eigenvalue weighted by Crippen LogP contribution is -2.34. The zero-order chi connectivity index (χ0) is 24.5. The fourth-order valence-corrected chi connectivity index (χ4v) is 3.56. The third kappa shape index (κ3) is 5.99. The van der Waals surface area contributed by atoms with Crippen LogP contribution in [0.15, 0.2) is 54.2 Å². The van der Waals surface area contributed by atoms with E-state index in [1.807, 2.05) is 6.92 Å². The van der Waals surface area contributed by atoms with Crippen LogP contribution in [0.2, 0.25) is 0 Å². The topological polar surface area (TPSA) is 111 Å². The van der Waals surface area contributed by atoms with Crippen LogP contribution in [-0.4, -0.2) is 48.0 Å². The number of nitro groups is 1. The molecule has 9 heteroatoms. The Morgan fingerprint density at radius 2 is 1.74 bits per heavy atom. The van der Waals surface area contributed by atoms with Crippen molar-refractivity contribution >= 4 is 28.8 Å². The molecule has 0 saturated heterocycles. The van der Waals surface area contributed by atoms with Crippen LogP contribution < -0.4 is 10.1 Å². The Morgan fingerprint density at radius 1 is 1.00 bits per heavy atom. The number of ether oxygens (including phenoxy) is 2. The lowest BCUT2D eigenvalue weighted by atomic mass is 10.0. The van der Waals surface area contributed by atoms with Crippen LogP contribution in [0.4, 0.5) is 11.4 Å². The summed E-state index contributed by atoms with van der Waals surface area (Å²) in [4.78, 5) is 38.3. The molecular formula is C25H29N3O6. The van der Waals surface area contributed by atoms with Crippen molar-refractivity contribution in [1.29, 1.82) is 0 Å². The minimum atomic E-state index is -0.511. The average Bonchev–Trinajstić information content (AvgIpc) is 3.05. The lowest BCUT2D eigenvalue weighted by molar-refractivity contribution is -0.384. The molecule has 0 atom stereocenters. The maximum Gasteiger partial charge on any atom is 0.278 e.